The zero-order chi connectivity index (χ0) is 15.2. The Kier molecular flexibility index (Phi) is 3.16. The lowest BCUT2D eigenvalue weighted by Gasteiger charge is -2.54. The number of ether oxygens (including phenoxy) is 1. The van der Waals surface area contributed by atoms with Crippen LogP contribution in [0.4, 0.5) is 0 Å². The van der Waals surface area contributed by atoms with Crippen LogP contribution in [0.25, 0.3) is 6.08 Å². The average Bonchev–Trinajstić information content (AvgIpc) is 2.44. The Morgan fingerprint density at radius 3 is 2.67 bits per heavy atom. The molecular weight excluding hydrogens is 264 g/mol. The lowest BCUT2D eigenvalue weighted by molar-refractivity contribution is -0.133. The van der Waals surface area contributed by atoms with Gasteiger partial charge in [-0.05, 0) is 41.5 Å². The van der Waals surface area contributed by atoms with E-state index in [0.29, 0.717) is 11.7 Å². The van der Waals surface area contributed by atoms with Crippen molar-refractivity contribution >= 4 is 11.9 Å². The molecule has 1 aromatic carbocycles. The molecule has 21 heavy (non-hydrogen) atoms. The summed E-state index contributed by atoms with van der Waals surface area (Å²) >= 11 is 0. The van der Waals surface area contributed by atoms with Gasteiger partial charge in [0, 0.05) is 17.5 Å². The molecule has 1 fully saturated rings. The van der Waals surface area contributed by atoms with E-state index in [1.165, 1.54) is 0 Å². The van der Waals surface area contributed by atoms with Crippen molar-refractivity contribution in [1.82, 2.24) is 0 Å². The highest BCUT2D eigenvalue weighted by Crippen LogP contribution is 2.58. The third kappa shape index (κ3) is 2.17. The Hall–Kier alpha value is -2.03. The molecule has 110 valence electrons. The number of hydrogen-bond donors (Lipinski definition) is 1. The molecule has 2 atom stereocenters. The number of benzene rings is 1. The summed E-state index contributed by atoms with van der Waals surface area (Å²) in [5.41, 5.74) is 2.07. The van der Waals surface area contributed by atoms with Gasteiger partial charge in [-0.2, -0.15) is 0 Å². The van der Waals surface area contributed by atoms with Crippen molar-refractivity contribution in [3.05, 3.63) is 41.5 Å². The molecule has 3 heteroatoms. The Balaban J connectivity index is 1.89. The van der Waals surface area contributed by atoms with E-state index in [0.717, 1.165) is 17.6 Å². The number of methoxy groups -OCH3 is 1. The molecule has 3 aliphatic carbocycles. The molecule has 1 saturated carbocycles. The number of phenolic OH excluding ortho intramolecular Hbond substituents is 1. The third-order valence-electron chi connectivity index (χ3n) is 4.99. The first-order chi connectivity index (χ1) is 9.93. The van der Waals surface area contributed by atoms with Gasteiger partial charge >= 0.3 is 0 Å². The number of carbonyl (C=O) groups excluding carboxylic acids is 1. The average molecular weight is 284 g/mol. The molecule has 0 aromatic heterocycles. The van der Waals surface area contributed by atoms with Gasteiger partial charge in [-0.25, -0.2) is 0 Å². The monoisotopic (exact) mass is 284 g/mol. The van der Waals surface area contributed by atoms with E-state index in [2.05, 4.69) is 13.8 Å². The van der Waals surface area contributed by atoms with E-state index >= 15 is 0 Å². The van der Waals surface area contributed by atoms with Crippen LogP contribution in [0.2, 0.25) is 0 Å². The topological polar surface area (TPSA) is 46.5 Å². The molecule has 0 radical (unpaired) electrons. The second kappa shape index (κ2) is 4.76. The van der Waals surface area contributed by atoms with Crippen LogP contribution < -0.4 is 4.74 Å². The van der Waals surface area contributed by atoms with Crippen LogP contribution in [0, 0.1) is 17.3 Å². The summed E-state index contributed by atoms with van der Waals surface area (Å²) in [6.45, 7) is 4.34. The van der Waals surface area contributed by atoms with Crippen LogP contribution in [-0.4, -0.2) is 18.0 Å². The summed E-state index contributed by atoms with van der Waals surface area (Å²) in [6, 6.07) is 5.03. The minimum Gasteiger partial charge on any atom is -0.508 e. The fourth-order valence-electron chi connectivity index (χ4n) is 3.53. The van der Waals surface area contributed by atoms with Gasteiger partial charge in [0.25, 0.3) is 0 Å². The summed E-state index contributed by atoms with van der Waals surface area (Å²) in [5, 5.41) is 9.48. The second-order valence-electron chi connectivity index (χ2n) is 6.47. The maximum absolute atomic E-state index is 12.1. The molecule has 1 N–H and O–H groups in total. The van der Waals surface area contributed by atoms with Crippen LogP contribution in [0.1, 0.15) is 25.8 Å². The number of hydrogen-bond acceptors (Lipinski definition) is 3. The first-order valence-corrected chi connectivity index (χ1v) is 7.24. The molecule has 0 saturated heterocycles. The number of fused-ring (bicyclic) bond motifs is 1. The number of aromatic hydroxyl groups is 1. The number of allylic oxidation sites excluding steroid dienone is 3. The standard InChI is InChI=1S/C18H20O3/c1-18(2)14-10-15(18)16(20)8-12(14)5-4-11-6-7-13(19)9-17(11)21-3/h4-9,14-15,19H,10H2,1-3H3/b5-4+. The minimum atomic E-state index is 0.0740. The zero-order valence-electron chi connectivity index (χ0n) is 12.6. The van der Waals surface area contributed by atoms with Gasteiger partial charge in [0.2, 0.25) is 0 Å². The van der Waals surface area contributed by atoms with Crippen molar-refractivity contribution in [3.8, 4) is 11.5 Å². The second-order valence-corrected chi connectivity index (χ2v) is 6.47. The van der Waals surface area contributed by atoms with E-state index in [9.17, 15) is 9.90 Å². The van der Waals surface area contributed by atoms with Crippen molar-refractivity contribution in [2.75, 3.05) is 7.11 Å². The van der Waals surface area contributed by atoms with Gasteiger partial charge in [-0.1, -0.05) is 26.0 Å². The molecule has 4 rings (SSSR count). The fraction of sp³-hybridized carbons (Fsp3) is 0.389. The Bertz CT molecular complexity index is 652. The summed E-state index contributed by atoms with van der Waals surface area (Å²) in [7, 11) is 1.58. The molecule has 3 aliphatic rings. The largest absolute Gasteiger partial charge is 0.508 e. The van der Waals surface area contributed by atoms with Gasteiger partial charge in [-0.15, -0.1) is 0 Å². The molecule has 0 amide bonds. The SMILES string of the molecule is COc1cc(O)ccc1/C=C/C1=CC(=O)C2CC1C2(C)C. The minimum absolute atomic E-state index is 0.0740. The fourth-order valence-corrected chi connectivity index (χ4v) is 3.53. The highest BCUT2D eigenvalue weighted by molar-refractivity contribution is 5.96. The number of carbonyl (C=O) groups is 1. The molecule has 0 spiro atoms. The normalized spacial score (nSPS) is 26.4. The van der Waals surface area contributed by atoms with Crippen LogP contribution >= 0.6 is 0 Å². The lowest BCUT2D eigenvalue weighted by Crippen LogP contribution is -2.52. The van der Waals surface area contributed by atoms with Gasteiger partial charge in [-0.3, -0.25) is 4.79 Å². The maximum Gasteiger partial charge on any atom is 0.159 e. The van der Waals surface area contributed by atoms with Crippen LogP contribution in [0.3, 0.4) is 0 Å². The van der Waals surface area contributed by atoms with Crippen molar-refractivity contribution in [1.29, 1.82) is 0 Å². The first kappa shape index (κ1) is 13.9. The Morgan fingerprint density at radius 1 is 1.29 bits per heavy atom. The van der Waals surface area contributed by atoms with Crippen LogP contribution in [0.5, 0.6) is 11.5 Å². The van der Waals surface area contributed by atoms with Crippen LogP contribution in [0.15, 0.2) is 35.9 Å². The molecule has 2 unspecified atom stereocenters. The van der Waals surface area contributed by atoms with Crippen molar-refractivity contribution in [3.63, 3.8) is 0 Å². The van der Waals surface area contributed by atoms with Crippen molar-refractivity contribution in [2.24, 2.45) is 17.3 Å². The smallest absolute Gasteiger partial charge is 0.159 e. The highest BCUT2D eigenvalue weighted by Gasteiger charge is 2.54. The summed E-state index contributed by atoms with van der Waals surface area (Å²) < 4.78 is 5.27. The summed E-state index contributed by atoms with van der Waals surface area (Å²) in [5.74, 6) is 1.71. The predicted octanol–water partition coefficient (Wildman–Crippen LogP) is 3.59. The highest BCUT2D eigenvalue weighted by atomic mass is 16.5. The molecular formula is C18H20O3. The predicted molar refractivity (Wildman–Crippen MR) is 82.2 cm³/mol. The molecule has 2 bridgehead atoms. The summed E-state index contributed by atoms with van der Waals surface area (Å²) in [6.07, 6.45) is 6.71. The van der Waals surface area contributed by atoms with Crippen molar-refractivity contribution < 1.29 is 14.6 Å². The van der Waals surface area contributed by atoms with E-state index in [1.807, 2.05) is 18.2 Å². The van der Waals surface area contributed by atoms with Crippen LogP contribution in [-0.2, 0) is 4.79 Å². The van der Waals surface area contributed by atoms with Gasteiger partial charge in [0.05, 0.1) is 7.11 Å². The van der Waals surface area contributed by atoms with Gasteiger partial charge < -0.3 is 9.84 Å². The molecule has 1 aromatic rings. The Morgan fingerprint density at radius 2 is 2.05 bits per heavy atom. The third-order valence-corrected chi connectivity index (χ3v) is 4.99. The van der Waals surface area contributed by atoms with E-state index in [4.69, 9.17) is 4.74 Å². The van der Waals surface area contributed by atoms with Crippen molar-refractivity contribution in [2.45, 2.75) is 20.3 Å². The molecule has 0 heterocycles. The molecule has 0 aliphatic heterocycles. The number of phenols is 1. The van der Waals surface area contributed by atoms with Gasteiger partial charge in [0.15, 0.2) is 5.78 Å². The van der Waals surface area contributed by atoms with Gasteiger partial charge in [0.1, 0.15) is 11.5 Å². The molecule has 3 nitrogen and oxygen atoms in total. The zero-order valence-corrected chi connectivity index (χ0v) is 12.6. The Labute approximate surface area is 124 Å². The quantitative estimate of drug-likeness (QED) is 0.922. The van der Waals surface area contributed by atoms with E-state index in [1.54, 1.807) is 25.3 Å². The summed E-state index contributed by atoms with van der Waals surface area (Å²) in [4.78, 5) is 12.1. The van der Waals surface area contributed by atoms with E-state index in [-0.39, 0.29) is 22.9 Å². The number of ketones is 1. The lowest BCUT2D eigenvalue weighted by atomic mass is 9.48. The van der Waals surface area contributed by atoms with E-state index < -0.39 is 0 Å². The number of rotatable bonds is 3. The first-order valence-electron chi connectivity index (χ1n) is 7.24. The maximum atomic E-state index is 12.1.